The summed E-state index contributed by atoms with van der Waals surface area (Å²) in [6.07, 6.45) is 0. The van der Waals surface area contributed by atoms with E-state index in [1.807, 2.05) is 0 Å². The lowest BCUT2D eigenvalue weighted by Gasteiger charge is -2.07. The first kappa shape index (κ1) is 13.8. The standard InChI is InChI=1S/C11H16N2O3S/c1-2-17-6-5-16-11-7-9(8-12)3-4-10(11)13(14)15/h3-4,7H,2,5-6,8,12H2,1H3. The molecule has 0 spiro atoms. The summed E-state index contributed by atoms with van der Waals surface area (Å²) >= 11 is 1.73. The average Bonchev–Trinajstić information content (AvgIpc) is 2.34. The molecule has 0 heterocycles. The third kappa shape index (κ3) is 4.24. The van der Waals surface area contributed by atoms with Gasteiger partial charge in [0.2, 0.25) is 0 Å². The van der Waals surface area contributed by atoms with Crippen LogP contribution in [0.1, 0.15) is 12.5 Å². The molecule has 6 heteroatoms. The van der Waals surface area contributed by atoms with Crippen LogP contribution in [-0.2, 0) is 6.54 Å². The summed E-state index contributed by atoms with van der Waals surface area (Å²) in [6.45, 7) is 2.87. The summed E-state index contributed by atoms with van der Waals surface area (Å²) in [5, 5.41) is 10.8. The molecule has 5 nitrogen and oxygen atoms in total. The highest BCUT2D eigenvalue weighted by Crippen LogP contribution is 2.27. The zero-order valence-corrected chi connectivity index (χ0v) is 10.5. The molecule has 17 heavy (non-hydrogen) atoms. The van der Waals surface area contributed by atoms with Gasteiger partial charge in [0.15, 0.2) is 5.75 Å². The highest BCUT2D eigenvalue weighted by molar-refractivity contribution is 7.99. The van der Waals surface area contributed by atoms with Gasteiger partial charge in [-0.05, 0) is 17.4 Å². The third-order valence-corrected chi connectivity index (χ3v) is 3.01. The smallest absolute Gasteiger partial charge is 0.310 e. The van der Waals surface area contributed by atoms with Crippen LogP contribution in [0.3, 0.4) is 0 Å². The van der Waals surface area contributed by atoms with Crippen LogP contribution in [0.25, 0.3) is 0 Å². The molecule has 0 amide bonds. The molecule has 2 N–H and O–H groups in total. The largest absolute Gasteiger partial charge is 0.486 e. The van der Waals surface area contributed by atoms with Crippen LogP contribution in [0.4, 0.5) is 5.69 Å². The number of benzene rings is 1. The maximum atomic E-state index is 10.8. The molecule has 0 saturated heterocycles. The Labute approximate surface area is 104 Å². The molecule has 1 aromatic carbocycles. The Morgan fingerprint density at radius 2 is 2.29 bits per heavy atom. The number of nitrogens with zero attached hydrogens (tertiary/aromatic N) is 1. The van der Waals surface area contributed by atoms with Crippen LogP contribution >= 0.6 is 11.8 Å². The molecule has 0 aliphatic carbocycles. The van der Waals surface area contributed by atoms with Crippen molar-refractivity contribution in [1.29, 1.82) is 0 Å². The van der Waals surface area contributed by atoms with Gasteiger partial charge in [0.1, 0.15) is 0 Å². The predicted octanol–water partition coefficient (Wildman–Crippen LogP) is 2.19. The monoisotopic (exact) mass is 256 g/mol. The first-order valence-electron chi connectivity index (χ1n) is 5.37. The van der Waals surface area contributed by atoms with E-state index in [-0.39, 0.29) is 5.69 Å². The highest BCUT2D eigenvalue weighted by Gasteiger charge is 2.15. The van der Waals surface area contributed by atoms with Gasteiger partial charge in [-0.3, -0.25) is 10.1 Å². The van der Waals surface area contributed by atoms with Gasteiger partial charge >= 0.3 is 5.69 Å². The van der Waals surface area contributed by atoms with Crippen LogP contribution in [-0.4, -0.2) is 23.0 Å². The number of rotatable bonds is 7. The van der Waals surface area contributed by atoms with Crippen LogP contribution in [0, 0.1) is 10.1 Å². The molecule has 0 bridgehead atoms. The van der Waals surface area contributed by atoms with E-state index in [9.17, 15) is 10.1 Å². The Kier molecular flexibility index (Phi) is 5.79. The van der Waals surface area contributed by atoms with Gasteiger partial charge in [-0.1, -0.05) is 13.0 Å². The average molecular weight is 256 g/mol. The summed E-state index contributed by atoms with van der Waals surface area (Å²) in [5.74, 6) is 2.13. The quantitative estimate of drug-likeness (QED) is 0.459. The second-order valence-corrected chi connectivity index (χ2v) is 4.70. The van der Waals surface area contributed by atoms with E-state index < -0.39 is 4.92 Å². The van der Waals surface area contributed by atoms with Crippen molar-refractivity contribution in [2.45, 2.75) is 13.5 Å². The molecule has 94 valence electrons. The Morgan fingerprint density at radius 3 is 2.88 bits per heavy atom. The van der Waals surface area contributed by atoms with Crippen molar-refractivity contribution in [2.24, 2.45) is 5.73 Å². The first-order valence-corrected chi connectivity index (χ1v) is 6.52. The zero-order valence-electron chi connectivity index (χ0n) is 9.72. The van der Waals surface area contributed by atoms with E-state index in [1.165, 1.54) is 6.07 Å². The number of ether oxygens (including phenoxy) is 1. The summed E-state index contributed by atoms with van der Waals surface area (Å²) in [4.78, 5) is 10.4. The van der Waals surface area contributed by atoms with Gasteiger partial charge in [0, 0.05) is 18.4 Å². The van der Waals surface area contributed by atoms with E-state index in [2.05, 4.69) is 6.92 Å². The molecular formula is C11H16N2O3S. The minimum absolute atomic E-state index is 0.0105. The fourth-order valence-corrected chi connectivity index (χ4v) is 1.80. The molecule has 1 aromatic rings. The molecule has 0 unspecified atom stereocenters. The first-order chi connectivity index (χ1) is 8.19. The summed E-state index contributed by atoms with van der Waals surface area (Å²) in [5.41, 5.74) is 6.31. The Bertz CT molecular complexity index is 385. The fourth-order valence-electron chi connectivity index (χ4n) is 1.31. The van der Waals surface area contributed by atoms with Crippen molar-refractivity contribution in [1.82, 2.24) is 0 Å². The van der Waals surface area contributed by atoms with Gasteiger partial charge in [-0.25, -0.2) is 0 Å². The lowest BCUT2D eigenvalue weighted by Crippen LogP contribution is -2.04. The predicted molar refractivity (Wildman–Crippen MR) is 69.5 cm³/mol. The molecule has 0 aliphatic rings. The van der Waals surface area contributed by atoms with E-state index in [0.29, 0.717) is 18.9 Å². The third-order valence-electron chi connectivity index (χ3n) is 2.15. The molecule has 0 aromatic heterocycles. The maximum Gasteiger partial charge on any atom is 0.310 e. The zero-order chi connectivity index (χ0) is 12.7. The van der Waals surface area contributed by atoms with Crippen molar-refractivity contribution in [3.05, 3.63) is 33.9 Å². The van der Waals surface area contributed by atoms with Gasteiger partial charge in [0.25, 0.3) is 0 Å². The van der Waals surface area contributed by atoms with Crippen molar-refractivity contribution < 1.29 is 9.66 Å². The normalized spacial score (nSPS) is 10.2. The summed E-state index contributed by atoms with van der Waals surface area (Å²) in [7, 11) is 0. The molecule has 0 aliphatic heterocycles. The number of nitrogens with two attached hydrogens (primary N) is 1. The number of thioether (sulfide) groups is 1. The van der Waals surface area contributed by atoms with Crippen LogP contribution in [0.5, 0.6) is 5.75 Å². The van der Waals surface area contributed by atoms with Crippen LogP contribution < -0.4 is 10.5 Å². The Hall–Kier alpha value is -1.27. The number of nitro groups is 1. The van der Waals surface area contributed by atoms with Crippen molar-refractivity contribution >= 4 is 17.4 Å². The molecular weight excluding hydrogens is 240 g/mol. The minimum Gasteiger partial charge on any atom is -0.486 e. The number of hydrogen-bond acceptors (Lipinski definition) is 5. The van der Waals surface area contributed by atoms with Gasteiger partial charge in [-0.2, -0.15) is 11.8 Å². The Morgan fingerprint density at radius 1 is 1.53 bits per heavy atom. The molecule has 1 rings (SSSR count). The van der Waals surface area contributed by atoms with Crippen molar-refractivity contribution in [3.63, 3.8) is 0 Å². The highest BCUT2D eigenvalue weighted by atomic mass is 32.2. The van der Waals surface area contributed by atoms with Crippen LogP contribution in [0.2, 0.25) is 0 Å². The maximum absolute atomic E-state index is 10.8. The van der Waals surface area contributed by atoms with E-state index in [4.69, 9.17) is 10.5 Å². The Balaban J connectivity index is 2.75. The topological polar surface area (TPSA) is 78.4 Å². The number of hydrogen-bond donors (Lipinski definition) is 1. The summed E-state index contributed by atoms with van der Waals surface area (Å²) in [6, 6.07) is 4.71. The second kappa shape index (κ2) is 7.13. The second-order valence-electron chi connectivity index (χ2n) is 3.31. The lowest BCUT2D eigenvalue weighted by molar-refractivity contribution is -0.385. The van der Waals surface area contributed by atoms with Crippen LogP contribution in [0.15, 0.2) is 18.2 Å². The molecule has 0 atom stereocenters. The van der Waals surface area contributed by atoms with E-state index in [1.54, 1.807) is 23.9 Å². The number of nitro benzene ring substituents is 1. The van der Waals surface area contributed by atoms with Crippen molar-refractivity contribution in [3.8, 4) is 5.75 Å². The lowest BCUT2D eigenvalue weighted by atomic mass is 10.2. The van der Waals surface area contributed by atoms with E-state index >= 15 is 0 Å². The molecule has 0 radical (unpaired) electrons. The minimum atomic E-state index is -0.442. The molecule has 0 fully saturated rings. The molecule has 0 saturated carbocycles. The van der Waals surface area contributed by atoms with Crippen molar-refractivity contribution in [2.75, 3.05) is 18.1 Å². The SMILES string of the molecule is CCSCCOc1cc(CN)ccc1[N+](=O)[O-]. The van der Waals surface area contributed by atoms with E-state index in [0.717, 1.165) is 17.1 Å². The fraction of sp³-hybridized carbons (Fsp3) is 0.455. The van der Waals surface area contributed by atoms with Gasteiger partial charge in [0.05, 0.1) is 11.5 Å². The van der Waals surface area contributed by atoms with Gasteiger partial charge in [-0.15, -0.1) is 0 Å². The summed E-state index contributed by atoms with van der Waals surface area (Å²) < 4.78 is 5.42. The van der Waals surface area contributed by atoms with Gasteiger partial charge < -0.3 is 10.5 Å².